The van der Waals surface area contributed by atoms with E-state index in [1.165, 1.54) is 0 Å². The van der Waals surface area contributed by atoms with Gasteiger partial charge in [0.15, 0.2) is 0 Å². The Bertz CT molecular complexity index is 337. The maximum Gasteiger partial charge on any atom is 0.291 e. The third-order valence-electron chi connectivity index (χ3n) is 2.38. The highest BCUT2D eigenvalue weighted by molar-refractivity contribution is 5.90. The van der Waals surface area contributed by atoms with Crippen molar-refractivity contribution in [1.29, 1.82) is 0 Å². The number of nitrogens with one attached hydrogen (secondary N) is 2. The van der Waals surface area contributed by atoms with Gasteiger partial charge in [-0.05, 0) is 12.8 Å². The van der Waals surface area contributed by atoms with Crippen LogP contribution >= 0.6 is 0 Å². The summed E-state index contributed by atoms with van der Waals surface area (Å²) in [7, 11) is 0. The van der Waals surface area contributed by atoms with Crippen LogP contribution in [0.25, 0.3) is 0 Å². The third-order valence-corrected chi connectivity index (χ3v) is 2.38. The number of aromatic amines is 1. The fraction of sp³-hybridized carbons (Fsp3) is 0.700. The van der Waals surface area contributed by atoms with Gasteiger partial charge < -0.3 is 10.4 Å². The molecule has 0 aliphatic rings. The molecule has 0 radical (unpaired) electrons. The number of rotatable bonds is 6. The van der Waals surface area contributed by atoms with E-state index in [0.717, 1.165) is 6.42 Å². The lowest BCUT2D eigenvalue weighted by molar-refractivity contribution is 0.0919. The Morgan fingerprint density at radius 1 is 1.56 bits per heavy atom. The Labute approximate surface area is 94.5 Å². The molecule has 0 saturated heterocycles. The molecule has 6 nitrogen and oxygen atoms in total. The number of hydrogen-bond donors (Lipinski definition) is 3. The van der Waals surface area contributed by atoms with Gasteiger partial charge in [0.05, 0.1) is 0 Å². The molecule has 0 saturated carbocycles. The van der Waals surface area contributed by atoms with Crippen molar-refractivity contribution in [3.05, 3.63) is 11.6 Å². The second-order valence-corrected chi connectivity index (χ2v) is 3.55. The minimum Gasteiger partial charge on any atom is -0.396 e. The summed E-state index contributed by atoms with van der Waals surface area (Å²) in [5.74, 6) is 0.560. The molecule has 0 spiro atoms. The van der Waals surface area contributed by atoms with Crippen molar-refractivity contribution < 1.29 is 9.90 Å². The Morgan fingerprint density at radius 3 is 2.81 bits per heavy atom. The van der Waals surface area contributed by atoms with Crippen LogP contribution in [-0.4, -0.2) is 38.8 Å². The number of aliphatic hydroxyl groups is 1. The first-order valence-corrected chi connectivity index (χ1v) is 5.54. The molecule has 0 bridgehead atoms. The van der Waals surface area contributed by atoms with Gasteiger partial charge in [0.2, 0.25) is 5.82 Å². The van der Waals surface area contributed by atoms with E-state index in [0.29, 0.717) is 18.7 Å². The molecule has 16 heavy (non-hydrogen) atoms. The molecular formula is C10H18N4O2. The second kappa shape index (κ2) is 6.22. The van der Waals surface area contributed by atoms with Crippen molar-refractivity contribution in [3.63, 3.8) is 0 Å². The number of nitrogens with zero attached hydrogens (tertiary/aromatic N) is 2. The molecule has 0 aliphatic heterocycles. The molecule has 0 aromatic carbocycles. The van der Waals surface area contributed by atoms with Crippen LogP contribution in [0.15, 0.2) is 0 Å². The van der Waals surface area contributed by atoms with Crippen LogP contribution in [0.3, 0.4) is 0 Å². The molecule has 1 unspecified atom stereocenters. The standard InChI is InChI=1S/C10H18N4O2/c1-3-7(5-6-15)11-10(16)9-12-8(4-2)13-14-9/h7,15H,3-6H2,1-2H3,(H,11,16)(H,12,13,14). The lowest BCUT2D eigenvalue weighted by Crippen LogP contribution is -2.35. The van der Waals surface area contributed by atoms with Gasteiger partial charge in [-0.25, -0.2) is 4.98 Å². The average molecular weight is 226 g/mol. The van der Waals surface area contributed by atoms with E-state index in [9.17, 15) is 4.79 Å². The number of amides is 1. The molecule has 0 fully saturated rings. The van der Waals surface area contributed by atoms with Crippen molar-refractivity contribution in [2.45, 2.75) is 39.2 Å². The minimum atomic E-state index is -0.295. The molecule has 1 rings (SSSR count). The van der Waals surface area contributed by atoms with Crippen LogP contribution < -0.4 is 5.32 Å². The Hall–Kier alpha value is -1.43. The predicted octanol–water partition coefficient (Wildman–Crippen LogP) is 0.258. The first kappa shape index (κ1) is 12.6. The van der Waals surface area contributed by atoms with Crippen LogP contribution in [0, 0.1) is 0 Å². The monoisotopic (exact) mass is 226 g/mol. The maximum absolute atomic E-state index is 11.7. The fourth-order valence-corrected chi connectivity index (χ4v) is 1.34. The van der Waals surface area contributed by atoms with E-state index >= 15 is 0 Å². The van der Waals surface area contributed by atoms with Crippen molar-refractivity contribution in [1.82, 2.24) is 20.5 Å². The summed E-state index contributed by atoms with van der Waals surface area (Å²) in [6, 6.07) is -0.0268. The van der Waals surface area contributed by atoms with Crippen LogP contribution in [0.4, 0.5) is 0 Å². The molecule has 1 aromatic heterocycles. The van der Waals surface area contributed by atoms with Gasteiger partial charge in [-0.3, -0.25) is 9.89 Å². The third kappa shape index (κ3) is 3.30. The number of H-pyrrole nitrogens is 1. The predicted molar refractivity (Wildman–Crippen MR) is 59.0 cm³/mol. The van der Waals surface area contributed by atoms with Gasteiger partial charge in [0, 0.05) is 19.1 Å². The summed E-state index contributed by atoms with van der Waals surface area (Å²) < 4.78 is 0. The van der Waals surface area contributed by atoms with Gasteiger partial charge in [0.1, 0.15) is 5.82 Å². The highest BCUT2D eigenvalue weighted by Crippen LogP contribution is 1.99. The minimum absolute atomic E-state index is 0.0268. The van der Waals surface area contributed by atoms with Crippen molar-refractivity contribution >= 4 is 5.91 Å². The first-order chi connectivity index (χ1) is 7.71. The van der Waals surface area contributed by atoms with E-state index in [1.807, 2.05) is 13.8 Å². The molecule has 1 amide bonds. The molecule has 1 aromatic rings. The van der Waals surface area contributed by atoms with Gasteiger partial charge in [0.25, 0.3) is 5.91 Å². The van der Waals surface area contributed by atoms with Crippen molar-refractivity contribution in [2.75, 3.05) is 6.61 Å². The fourth-order valence-electron chi connectivity index (χ4n) is 1.34. The summed E-state index contributed by atoms with van der Waals surface area (Å²) >= 11 is 0. The number of carbonyl (C=O) groups excluding carboxylic acids is 1. The van der Waals surface area contributed by atoms with Gasteiger partial charge in [-0.15, -0.1) is 5.10 Å². The van der Waals surface area contributed by atoms with Crippen molar-refractivity contribution in [2.24, 2.45) is 0 Å². The molecular weight excluding hydrogens is 208 g/mol. The van der Waals surface area contributed by atoms with Crippen LogP contribution in [-0.2, 0) is 6.42 Å². The van der Waals surface area contributed by atoms with Crippen LogP contribution in [0.5, 0.6) is 0 Å². The quantitative estimate of drug-likeness (QED) is 0.648. The maximum atomic E-state index is 11.7. The molecule has 3 N–H and O–H groups in total. The number of aryl methyl sites for hydroxylation is 1. The molecule has 1 heterocycles. The van der Waals surface area contributed by atoms with Crippen LogP contribution in [0.1, 0.15) is 43.1 Å². The summed E-state index contributed by atoms with van der Waals surface area (Å²) in [4.78, 5) is 15.7. The SMILES string of the molecule is CCc1nc(C(=O)NC(CC)CCO)n[nH]1. The Morgan fingerprint density at radius 2 is 2.31 bits per heavy atom. The number of hydrogen-bond acceptors (Lipinski definition) is 4. The molecule has 6 heteroatoms. The zero-order valence-corrected chi connectivity index (χ0v) is 9.66. The lowest BCUT2D eigenvalue weighted by Gasteiger charge is -2.13. The topological polar surface area (TPSA) is 90.9 Å². The smallest absolute Gasteiger partial charge is 0.291 e. The zero-order chi connectivity index (χ0) is 12.0. The summed E-state index contributed by atoms with van der Waals surface area (Å²) in [6.45, 7) is 3.95. The van der Waals surface area contributed by atoms with Crippen LogP contribution in [0.2, 0.25) is 0 Å². The average Bonchev–Trinajstić information content (AvgIpc) is 2.76. The van der Waals surface area contributed by atoms with E-state index < -0.39 is 0 Å². The number of carbonyl (C=O) groups is 1. The molecule has 1 atom stereocenters. The zero-order valence-electron chi connectivity index (χ0n) is 9.66. The van der Waals surface area contributed by atoms with Gasteiger partial charge in [-0.1, -0.05) is 13.8 Å². The van der Waals surface area contributed by atoms with E-state index in [2.05, 4.69) is 20.5 Å². The highest BCUT2D eigenvalue weighted by Gasteiger charge is 2.15. The Kier molecular flexibility index (Phi) is 4.91. The molecule has 90 valence electrons. The first-order valence-electron chi connectivity index (χ1n) is 5.54. The van der Waals surface area contributed by atoms with Gasteiger partial charge in [-0.2, -0.15) is 0 Å². The van der Waals surface area contributed by atoms with Gasteiger partial charge >= 0.3 is 0 Å². The highest BCUT2D eigenvalue weighted by atomic mass is 16.3. The largest absolute Gasteiger partial charge is 0.396 e. The van der Waals surface area contributed by atoms with E-state index in [4.69, 9.17) is 5.11 Å². The summed E-state index contributed by atoms with van der Waals surface area (Å²) in [6.07, 6.45) is 2.04. The number of aliphatic hydroxyl groups excluding tert-OH is 1. The summed E-state index contributed by atoms with van der Waals surface area (Å²) in [5.41, 5.74) is 0. The summed E-state index contributed by atoms with van der Waals surface area (Å²) in [5, 5.41) is 18.1. The van der Waals surface area contributed by atoms with E-state index in [1.54, 1.807) is 0 Å². The lowest BCUT2D eigenvalue weighted by atomic mass is 10.1. The Balaban J connectivity index is 2.56. The number of aromatic nitrogens is 3. The van der Waals surface area contributed by atoms with Crippen molar-refractivity contribution in [3.8, 4) is 0 Å². The second-order valence-electron chi connectivity index (χ2n) is 3.55. The molecule has 0 aliphatic carbocycles. The van der Waals surface area contributed by atoms with E-state index in [-0.39, 0.29) is 24.4 Å². The normalized spacial score (nSPS) is 12.4.